The van der Waals surface area contributed by atoms with Gasteiger partial charge in [-0.3, -0.25) is 14.8 Å². The van der Waals surface area contributed by atoms with Crippen LogP contribution in [0, 0.1) is 0 Å². The normalized spacial score (nSPS) is 10.5. The van der Waals surface area contributed by atoms with Crippen molar-refractivity contribution >= 4 is 109 Å². The predicted octanol–water partition coefficient (Wildman–Crippen LogP) is 13.8. The Balaban J connectivity index is 0.000000246. The highest BCUT2D eigenvalue weighted by atomic mass is 35.5. The first-order valence-electron chi connectivity index (χ1n) is 16.6. The number of pyridine rings is 4. The molecule has 5 N–H and O–H groups in total. The van der Waals surface area contributed by atoms with Crippen molar-refractivity contribution in [3.8, 4) is 11.5 Å². The third-order valence-corrected chi connectivity index (χ3v) is 9.76. The number of nitrogens with zero attached hydrogens (tertiary/aromatic N) is 4. The van der Waals surface area contributed by atoms with Crippen molar-refractivity contribution in [2.75, 3.05) is 11.1 Å². The highest BCUT2D eigenvalue weighted by Crippen LogP contribution is 2.38. The number of anilines is 2. The highest BCUT2D eigenvalue weighted by molar-refractivity contribution is 6.42. The molecule has 4 aromatic heterocycles. The number of aromatic hydroxyl groups is 2. The number of nitrogens with one attached hydrogen (secondary N) is 1. The van der Waals surface area contributed by atoms with Gasteiger partial charge in [-0.05, 0) is 72.3 Å². The van der Waals surface area contributed by atoms with Gasteiger partial charge in [-0.1, -0.05) is 133 Å². The van der Waals surface area contributed by atoms with Crippen molar-refractivity contribution in [1.29, 1.82) is 0 Å². The molecule has 8 rings (SSSR count). The zero-order valence-electron chi connectivity index (χ0n) is 29.4. The van der Waals surface area contributed by atoms with E-state index in [0.717, 1.165) is 22.6 Å². The molecule has 0 fully saturated rings. The summed E-state index contributed by atoms with van der Waals surface area (Å²) < 4.78 is 0. The zero-order chi connectivity index (χ0) is 40.9. The summed E-state index contributed by atoms with van der Waals surface area (Å²) in [6, 6.07) is 32.9. The van der Waals surface area contributed by atoms with E-state index in [-0.39, 0.29) is 26.4 Å². The lowest BCUT2D eigenvalue weighted by molar-refractivity contribution is 0.112. The number of aromatic nitrogens is 4. The molecule has 1 unspecified atom stereocenters. The Morgan fingerprint density at radius 2 is 1.17 bits per heavy atom. The Morgan fingerprint density at radius 3 is 1.75 bits per heavy atom. The maximum atomic E-state index is 10.9. The molecule has 0 aliphatic carbocycles. The van der Waals surface area contributed by atoms with Crippen molar-refractivity contribution in [3.63, 3.8) is 0 Å². The number of carbonyl (C=O) groups excluding carboxylic acids is 1. The summed E-state index contributed by atoms with van der Waals surface area (Å²) >= 11 is 35.1. The summed E-state index contributed by atoms with van der Waals surface area (Å²) in [5, 5.41) is 28.3. The van der Waals surface area contributed by atoms with Gasteiger partial charge in [0.15, 0.2) is 0 Å². The van der Waals surface area contributed by atoms with Crippen LogP contribution in [0.4, 0.5) is 11.6 Å². The van der Waals surface area contributed by atoms with Crippen molar-refractivity contribution in [2.45, 2.75) is 20.9 Å². The van der Waals surface area contributed by atoms with Crippen LogP contribution < -0.4 is 11.1 Å². The smallest absolute Gasteiger partial charge is 0.150 e. The second-order valence-corrected chi connectivity index (χ2v) is 14.2. The number of halogens is 6. The predicted molar refractivity (Wildman–Crippen MR) is 247 cm³/mol. The first-order chi connectivity index (χ1) is 27.4. The van der Waals surface area contributed by atoms with E-state index < -0.39 is 6.04 Å². The summed E-state index contributed by atoms with van der Waals surface area (Å²) in [5.41, 5.74) is 8.42. The first-order valence-corrected chi connectivity index (χ1v) is 18.9. The van der Waals surface area contributed by atoms with E-state index in [4.69, 9.17) is 75.3 Å². The fourth-order valence-electron chi connectivity index (χ4n) is 5.14. The average molecular weight is 912 g/mol. The van der Waals surface area contributed by atoms with Crippen LogP contribution in [0.1, 0.15) is 42.4 Å². The van der Waals surface area contributed by atoms with Crippen molar-refractivity contribution in [2.24, 2.45) is 0 Å². The van der Waals surface area contributed by atoms with E-state index >= 15 is 0 Å². The van der Waals surface area contributed by atoms with E-state index in [1.165, 1.54) is 6.07 Å². The first kappa shape index (κ1) is 48.0. The maximum Gasteiger partial charge on any atom is 0.150 e. The van der Waals surface area contributed by atoms with E-state index in [1.54, 1.807) is 85.5 Å². The Kier molecular flexibility index (Phi) is 18.9. The van der Waals surface area contributed by atoms with Gasteiger partial charge in [0, 0.05) is 56.7 Å². The highest BCUT2D eigenvalue weighted by Gasteiger charge is 2.21. The molecule has 0 aliphatic heterocycles. The Bertz CT molecular complexity index is 2610. The third kappa shape index (κ3) is 13.6. The number of nitrogen functional groups attached to an aromatic ring is 1. The molecule has 0 radical (unpaired) electrons. The van der Waals surface area contributed by atoms with Crippen molar-refractivity contribution in [3.05, 3.63) is 187 Å². The number of benzene rings is 4. The number of phenolic OH excluding ortho intramolecular Hbond substituents is 2. The SMILES string of the molecule is C.C.Nc1cc(Cl)ccn1.O=Cc1ccc(Cl)c(Cl)c1.Oc1c(C(Nc2cc(Cl)ccn2)c2ccc(Cl)c(Cl)c2)ccc2cccnc12.Oc1cccc2cccnc12. The molecule has 15 heteroatoms. The van der Waals surface area contributed by atoms with Crippen LogP contribution in [-0.2, 0) is 0 Å². The van der Waals surface area contributed by atoms with Gasteiger partial charge >= 0.3 is 0 Å². The number of fused-ring (bicyclic) bond motifs is 2. The van der Waals surface area contributed by atoms with Crippen LogP contribution in [-0.4, -0.2) is 36.4 Å². The maximum absolute atomic E-state index is 10.9. The van der Waals surface area contributed by atoms with Crippen LogP contribution in [0.15, 0.2) is 140 Å². The average Bonchev–Trinajstić information content (AvgIpc) is 3.20. The zero-order valence-corrected chi connectivity index (χ0v) is 33.9. The van der Waals surface area contributed by atoms with Gasteiger partial charge in [0.1, 0.15) is 40.5 Å². The molecule has 8 aromatic rings. The van der Waals surface area contributed by atoms with Crippen LogP contribution in [0.2, 0.25) is 30.1 Å². The molecule has 59 heavy (non-hydrogen) atoms. The topological polar surface area (TPSA) is 147 Å². The molecule has 4 heterocycles. The lowest BCUT2D eigenvalue weighted by atomic mass is 9.96. The molecule has 9 nitrogen and oxygen atoms in total. The molecule has 0 aliphatic rings. The molecule has 0 amide bonds. The van der Waals surface area contributed by atoms with Gasteiger partial charge in [0.2, 0.25) is 0 Å². The number of para-hydroxylation sites is 1. The third-order valence-electron chi connectivity index (χ3n) is 7.82. The number of carbonyl (C=O) groups is 1. The molecular formula is C44H38Cl6N6O3. The molecule has 304 valence electrons. The molecule has 4 aromatic carbocycles. The minimum Gasteiger partial charge on any atom is -0.506 e. The number of phenols is 2. The largest absolute Gasteiger partial charge is 0.506 e. The Labute approximate surface area is 372 Å². The van der Waals surface area contributed by atoms with Gasteiger partial charge in [0.25, 0.3) is 0 Å². The summed E-state index contributed by atoms with van der Waals surface area (Å²) in [6.07, 6.45) is 7.21. The van der Waals surface area contributed by atoms with E-state index in [1.807, 2.05) is 48.5 Å². The lowest BCUT2D eigenvalue weighted by Gasteiger charge is -2.22. The quantitative estimate of drug-likeness (QED) is 0.124. The molecule has 1 atom stereocenters. The molecule has 0 bridgehead atoms. The standard InChI is InChI=1S/C21H14Cl3N3O.C9H7NO.C7H4Cl2O.C5H5ClN2.2CH4/c22-14-7-9-25-18(11-14)27-19(13-4-6-16(23)17(24)10-13)15-5-3-12-2-1-8-26-20(12)21(15)28;11-8-5-1-3-7-4-2-6-10-9(7)8;8-6-2-1-5(4-10)3-7(6)9;6-4-1-2-8-5(7)3-4;;/h1-11,19,28H,(H,25,27);1-6,11H;1-4H;1-3H,(H2,7,8);2*1H4. The number of rotatable bonds is 5. The van der Waals surface area contributed by atoms with Crippen LogP contribution in [0.5, 0.6) is 11.5 Å². The van der Waals surface area contributed by atoms with E-state index in [9.17, 15) is 15.0 Å². The summed E-state index contributed by atoms with van der Waals surface area (Å²) in [5.74, 6) is 1.34. The lowest BCUT2D eigenvalue weighted by Crippen LogP contribution is -2.14. The van der Waals surface area contributed by atoms with Gasteiger partial charge < -0.3 is 21.3 Å². The van der Waals surface area contributed by atoms with E-state index in [0.29, 0.717) is 63.9 Å². The molecular weight excluding hydrogens is 873 g/mol. The summed E-state index contributed by atoms with van der Waals surface area (Å²) in [6.45, 7) is 0. The summed E-state index contributed by atoms with van der Waals surface area (Å²) in [4.78, 5) is 26.6. The minimum atomic E-state index is -0.452. The summed E-state index contributed by atoms with van der Waals surface area (Å²) in [7, 11) is 0. The number of hydrogen-bond donors (Lipinski definition) is 4. The molecule has 0 saturated heterocycles. The van der Waals surface area contributed by atoms with Gasteiger partial charge in [-0.25, -0.2) is 9.97 Å². The molecule has 0 saturated carbocycles. The van der Waals surface area contributed by atoms with Crippen molar-refractivity contribution in [1.82, 2.24) is 19.9 Å². The number of nitrogens with two attached hydrogens (primary N) is 1. The van der Waals surface area contributed by atoms with E-state index in [2.05, 4.69) is 25.3 Å². The van der Waals surface area contributed by atoms with Crippen molar-refractivity contribution < 1.29 is 15.0 Å². The number of aldehydes is 1. The second-order valence-electron chi connectivity index (χ2n) is 11.7. The van der Waals surface area contributed by atoms with Gasteiger partial charge in [-0.2, -0.15) is 0 Å². The second kappa shape index (κ2) is 23.3. The van der Waals surface area contributed by atoms with Gasteiger partial charge in [-0.15, -0.1) is 0 Å². The number of hydrogen-bond acceptors (Lipinski definition) is 9. The minimum absolute atomic E-state index is 0. The Hall–Kier alpha value is -5.39. The van der Waals surface area contributed by atoms with Crippen LogP contribution in [0.25, 0.3) is 21.8 Å². The monoisotopic (exact) mass is 908 g/mol. The fourth-order valence-corrected chi connectivity index (χ4v) is 6.08. The van der Waals surface area contributed by atoms with Crippen LogP contribution in [0.3, 0.4) is 0 Å². The van der Waals surface area contributed by atoms with Gasteiger partial charge in [0.05, 0.1) is 26.1 Å². The Morgan fingerprint density at radius 1 is 0.576 bits per heavy atom. The fraction of sp³-hybridized carbons (Fsp3) is 0.0682. The molecule has 0 spiro atoms. The van der Waals surface area contributed by atoms with Crippen LogP contribution >= 0.6 is 69.6 Å².